The highest BCUT2D eigenvalue weighted by Crippen LogP contribution is 2.41. The number of carbonyl (C=O) groups excluding carboxylic acids is 3. The first kappa shape index (κ1) is 20.5. The number of benzene rings is 2. The van der Waals surface area contributed by atoms with Crippen molar-refractivity contribution in [1.82, 2.24) is 15.5 Å². The minimum absolute atomic E-state index is 0.317. The van der Waals surface area contributed by atoms with Crippen LogP contribution in [0.3, 0.4) is 0 Å². The predicted molar refractivity (Wildman–Crippen MR) is 122 cm³/mol. The van der Waals surface area contributed by atoms with Crippen molar-refractivity contribution in [3.8, 4) is 0 Å². The van der Waals surface area contributed by atoms with Crippen LogP contribution < -0.4 is 10.6 Å². The molecule has 2 atom stereocenters. The molecule has 2 N–H and O–H groups in total. The molecule has 1 saturated heterocycles. The molecule has 2 unspecified atom stereocenters. The molecule has 0 saturated carbocycles. The summed E-state index contributed by atoms with van der Waals surface area (Å²) < 4.78 is 0. The van der Waals surface area contributed by atoms with E-state index in [0.717, 1.165) is 38.5 Å². The molecular formula is C25H23N3O3S. The fourth-order valence-electron chi connectivity index (χ4n) is 4.62. The maximum absolute atomic E-state index is 13.3. The molecule has 1 aliphatic heterocycles. The van der Waals surface area contributed by atoms with Crippen LogP contribution in [0.25, 0.3) is 0 Å². The molecule has 1 aromatic heterocycles. The van der Waals surface area contributed by atoms with Gasteiger partial charge < -0.3 is 10.6 Å². The van der Waals surface area contributed by atoms with Crippen molar-refractivity contribution in [2.24, 2.45) is 0 Å². The van der Waals surface area contributed by atoms with Gasteiger partial charge in [0.15, 0.2) is 0 Å². The quantitative estimate of drug-likeness (QED) is 0.589. The Hall–Kier alpha value is -3.45. The molecule has 0 radical (unpaired) electrons. The van der Waals surface area contributed by atoms with Crippen molar-refractivity contribution in [3.05, 3.63) is 93.2 Å². The van der Waals surface area contributed by atoms with E-state index in [1.807, 2.05) is 73.0 Å². The van der Waals surface area contributed by atoms with E-state index in [1.54, 1.807) is 11.3 Å². The highest BCUT2D eigenvalue weighted by atomic mass is 32.1. The maximum Gasteiger partial charge on any atom is 0.325 e. The van der Waals surface area contributed by atoms with Crippen LogP contribution in [0.4, 0.5) is 4.79 Å². The van der Waals surface area contributed by atoms with Crippen molar-refractivity contribution >= 4 is 29.2 Å². The lowest BCUT2D eigenvalue weighted by Gasteiger charge is -2.23. The summed E-state index contributed by atoms with van der Waals surface area (Å²) in [5.41, 5.74) is 2.91. The van der Waals surface area contributed by atoms with Gasteiger partial charge in [-0.15, -0.1) is 11.3 Å². The molecule has 2 aliphatic rings. The van der Waals surface area contributed by atoms with Crippen molar-refractivity contribution < 1.29 is 14.4 Å². The molecule has 2 heterocycles. The van der Waals surface area contributed by atoms with Gasteiger partial charge in [0.1, 0.15) is 12.1 Å². The lowest BCUT2D eigenvalue weighted by Crippen LogP contribution is -2.44. The standard InChI is InChI=1S/C25H23N3O3S/c1-16-8-10-18(11-9-16)22(20-7-4-14-32-20)26-21(29)15-28-23(30)25(27-24(28)31)13-12-17-5-2-3-6-19(17)25/h2-11,14,22H,12-13,15H2,1H3,(H,26,29)(H,27,31). The van der Waals surface area contributed by atoms with Crippen LogP contribution >= 0.6 is 11.3 Å². The molecule has 1 spiro atoms. The number of thiophene rings is 1. The summed E-state index contributed by atoms with van der Waals surface area (Å²) in [4.78, 5) is 41.1. The van der Waals surface area contributed by atoms with Crippen molar-refractivity contribution in [1.29, 1.82) is 0 Å². The van der Waals surface area contributed by atoms with E-state index in [1.165, 1.54) is 0 Å². The number of fused-ring (bicyclic) bond motifs is 2. The van der Waals surface area contributed by atoms with Gasteiger partial charge in [0.25, 0.3) is 5.91 Å². The summed E-state index contributed by atoms with van der Waals surface area (Å²) in [7, 11) is 0. The van der Waals surface area contributed by atoms with Crippen LogP contribution in [0.2, 0.25) is 0 Å². The van der Waals surface area contributed by atoms with Gasteiger partial charge in [0.05, 0.1) is 6.04 Å². The lowest BCUT2D eigenvalue weighted by atomic mass is 9.92. The topological polar surface area (TPSA) is 78.5 Å². The summed E-state index contributed by atoms with van der Waals surface area (Å²) in [6, 6.07) is 18.7. The molecule has 4 amide bonds. The largest absolute Gasteiger partial charge is 0.343 e. The fourth-order valence-corrected chi connectivity index (χ4v) is 5.42. The zero-order valence-corrected chi connectivity index (χ0v) is 18.4. The molecule has 1 fully saturated rings. The van der Waals surface area contributed by atoms with Crippen LogP contribution in [0.15, 0.2) is 66.0 Å². The van der Waals surface area contributed by atoms with Crippen LogP contribution in [0.1, 0.15) is 39.6 Å². The number of nitrogens with one attached hydrogen (secondary N) is 2. The van der Waals surface area contributed by atoms with Crippen LogP contribution in [-0.4, -0.2) is 29.3 Å². The fraction of sp³-hybridized carbons (Fsp3) is 0.240. The summed E-state index contributed by atoms with van der Waals surface area (Å²) in [5, 5.41) is 7.85. The third-order valence-corrected chi connectivity index (χ3v) is 7.20. The van der Waals surface area contributed by atoms with E-state index in [9.17, 15) is 14.4 Å². The predicted octanol–water partition coefficient (Wildman–Crippen LogP) is 3.66. The Morgan fingerprint density at radius 1 is 1.12 bits per heavy atom. The van der Waals surface area contributed by atoms with Gasteiger partial charge >= 0.3 is 6.03 Å². The molecule has 1 aliphatic carbocycles. The van der Waals surface area contributed by atoms with Gasteiger partial charge in [-0.1, -0.05) is 60.2 Å². The summed E-state index contributed by atoms with van der Waals surface area (Å²) in [6.07, 6.45) is 1.23. The van der Waals surface area contributed by atoms with Crippen molar-refractivity contribution in [2.45, 2.75) is 31.3 Å². The van der Waals surface area contributed by atoms with Crippen molar-refractivity contribution in [3.63, 3.8) is 0 Å². The van der Waals surface area contributed by atoms with Crippen LogP contribution in [0, 0.1) is 6.92 Å². The monoisotopic (exact) mass is 445 g/mol. The van der Waals surface area contributed by atoms with E-state index in [0.29, 0.717) is 6.42 Å². The minimum atomic E-state index is -1.06. The molecule has 6 nitrogen and oxygen atoms in total. The van der Waals surface area contributed by atoms with E-state index in [4.69, 9.17) is 0 Å². The second kappa shape index (κ2) is 7.91. The summed E-state index contributed by atoms with van der Waals surface area (Å²) >= 11 is 1.55. The molecule has 0 bridgehead atoms. The van der Waals surface area contributed by atoms with Gasteiger partial charge in [-0.3, -0.25) is 14.5 Å². The molecule has 5 rings (SSSR count). The number of amides is 4. The van der Waals surface area contributed by atoms with Crippen molar-refractivity contribution in [2.75, 3.05) is 6.54 Å². The average molecular weight is 446 g/mol. The maximum atomic E-state index is 13.3. The first-order chi connectivity index (χ1) is 15.5. The Morgan fingerprint density at radius 2 is 1.91 bits per heavy atom. The Bertz CT molecular complexity index is 1190. The Morgan fingerprint density at radius 3 is 2.66 bits per heavy atom. The third kappa shape index (κ3) is 3.39. The number of hydrogen-bond donors (Lipinski definition) is 2. The number of nitrogens with zero attached hydrogens (tertiary/aromatic N) is 1. The van der Waals surface area contributed by atoms with Gasteiger partial charge in [-0.2, -0.15) is 0 Å². The minimum Gasteiger partial charge on any atom is -0.343 e. The molecule has 7 heteroatoms. The van der Waals surface area contributed by atoms with Gasteiger partial charge in [0, 0.05) is 4.88 Å². The number of hydrogen-bond acceptors (Lipinski definition) is 4. The molecule has 3 aromatic rings. The Balaban J connectivity index is 1.36. The lowest BCUT2D eigenvalue weighted by molar-refractivity contribution is -0.135. The van der Waals surface area contributed by atoms with E-state index >= 15 is 0 Å². The first-order valence-corrected chi connectivity index (χ1v) is 11.5. The summed E-state index contributed by atoms with van der Waals surface area (Å²) in [6.45, 7) is 1.69. The molecule has 162 valence electrons. The van der Waals surface area contributed by atoms with E-state index in [2.05, 4.69) is 10.6 Å². The SMILES string of the molecule is Cc1ccc(C(NC(=O)CN2C(=O)NC3(CCc4ccccc43)C2=O)c2cccs2)cc1. The zero-order chi connectivity index (χ0) is 22.3. The number of aryl methyl sites for hydroxylation is 2. The Labute approximate surface area is 190 Å². The number of imide groups is 1. The average Bonchev–Trinajstić information content (AvgIpc) is 3.50. The highest BCUT2D eigenvalue weighted by Gasteiger charge is 2.55. The van der Waals surface area contributed by atoms with Crippen LogP contribution in [0.5, 0.6) is 0 Å². The normalized spacial score (nSPS) is 20.3. The summed E-state index contributed by atoms with van der Waals surface area (Å²) in [5.74, 6) is -0.735. The van der Waals surface area contributed by atoms with Gasteiger partial charge in [-0.25, -0.2) is 4.79 Å². The van der Waals surface area contributed by atoms with E-state index < -0.39 is 11.6 Å². The Kier molecular flexibility index (Phi) is 5.06. The van der Waals surface area contributed by atoms with Gasteiger partial charge in [-0.05, 0) is 47.9 Å². The molecule has 32 heavy (non-hydrogen) atoms. The van der Waals surface area contributed by atoms with Crippen LogP contribution in [-0.2, 0) is 21.5 Å². The number of rotatable bonds is 5. The van der Waals surface area contributed by atoms with Gasteiger partial charge in [0.2, 0.25) is 5.91 Å². The van der Waals surface area contributed by atoms with E-state index in [-0.39, 0.29) is 24.4 Å². The molecular weight excluding hydrogens is 422 g/mol. The number of urea groups is 1. The second-order valence-corrected chi connectivity index (χ2v) is 9.29. The zero-order valence-electron chi connectivity index (χ0n) is 17.6. The third-order valence-electron chi connectivity index (χ3n) is 6.27. The second-order valence-electron chi connectivity index (χ2n) is 8.31. The molecule has 2 aromatic carbocycles. The smallest absolute Gasteiger partial charge is 0.325 e. The number of carbonyl (C=O) groups is 3. The first-order valence-electron chi connectivity index (χ1n) is 10.6. The highest BCUT2D eigenvalue weighted by molar-refractivity contribution is 7.10.